The normalized spacial score (nSPS) is 10.6. The number of pyridine rings is 1. The molecule has 112 valence electrons. The van der Waals surface area contributed by atoms with E-state index in [1.807, 2.05) is 36.4 Å². The summed E-state index contributed by atoms with van der Waals surface area (Å²) in [5.41, 5.74) is 1.11. The smallest absolute Gasteiger partial charge is 0.142 e. The molecule has 0 atom stereocenters. The molecular weight excluding hydrogens is 264 g/mol. The van der Waals surface area contributed by atoms with Crippen molar-refractivity contribution in [2.24, 2.45) is 0 Å². The second-order valence-corrected chi connectivity index (χ2v) is 5.03. The van der Waals surface area contributed by atoms with Gasteiger partial charge in [-0.05, 0) is 18.2 Å². The molecule has 1 aromatic heterocycles. The number of benzene rings is 1. The van der Waals surface area contributed by atoms with Crippen LogP contribution in [0.3, 0.4) is 0 Å². The van der Waals surface area contributed by atoms with Crippen molar-refractivity contribution in [1.29, 1.82) is 0 Å². The summed E-state index contributed by atoms with van der Waals surface area (Å²) in [4.78, 5) is 4.12. The van der Waals surface area contributed by atoms with Gasteiger partial charge < -0.3 is 14.8 Å². The Labute approximate surface area is 126 Å². The SMILES string of the molecule is CC(C)NCc1ccncc1OCCOc1ccccc1. The van der Waals surface area contributed by atoms with E-state index in [0.29, 0.717) is 19.3 Å². The summed E-state index contributed by atoms with van der Waals surface area (Å²) in [6.07, 6.45) is 3.53. The fourth-order valence-corrected chi connectivity index (χ4v) is 1.83. The van der Waals surface area contributed by atoms with Gasteiger partial charge >= 0.3 is 0 Å². The summed E-state index contributed by atoms with van der Waals surface area (Å²) in [6.45, 7) is 6.02. The van der Waals surface area contributed by atoms with Crippen LogP contribution in [-0.2, 0) is 6.54 Å². The zero-order valence-corrected chi connectivity index (χ0v) is 12.6. The Balaban J connectivity index is 1.80. The lowest BCUT2D eigenvalue weighted by molar-refractivity contribution is 0.215. The van der Waals surface area contributed by atoms with Crippen LogP contribution in [0.15, 0.2) is 48.8 Å². The van der Waals surface area contributed by atoms with Gasteiger partial charge in [-0.1, -0.05) is 32.0 Å². The number of aromatic nitrogens is 1. The van der Waals surface area contributed by atoms with Gasteiger partial charge in [0.05, 0.1) is 6.20 Å². The summed E-state index contributed by atoms with van der Waals surface area (Å²) in [5.74, 6) is 1.66. The topological polar surface area (TPSA) is 43.4 Å². The molecule has 0 fully saturated rings. The molecule has 4 heteroatoms. The van der Waals surface area contributed by atoms with E-state index in [1.54, 1.807) is 12.4 Å². The van der Waals surface area contributed by atoms with E-state index in [1.165, 1.54) is 0 Å². The second kappa shape index (κ2) is 8.27. The highest BCUT2D eigenvalue weighted by Crippen LogP contribution is 2.16. The monoisotopic (exact) mass is 286 g/mol. The zero-order chi connectivity index (χ0) is 14.9. The van der Waals surface area contributed by atoms with Crippen LogP contribution < -0.4 is 14.8 Å². The van der Waals surface area contributed by atoms with Gasteiger partial charge in [0, 0.05) is 24.3 Å². The molecular formula is C17H22N2O2. The van der Waals surface area contributed by atoms with E-state index < -0.39 is 0 Å². The maximum atomic E-state index is 5.76. The number of nitrogens with one attached hydrogen (secondary N) is 1. The van der Waals surface area contributed by atoms with Crippen molar-refractivity contribution >= 4 is 0 Å². The molecule has 1 heterocycles. The molecule has 2 rings (SSSR count). The second-order valence-electron chi connectivity index (χ2n) is 5.03. The average Bonchev–Trinajstić information content (AvgIpc) is 2.51. The third-order valence-corrected chi connectivity index (χ3v) is 2.92. The van der Waals surface area contributed by atoms with Crippen LogP contribution in [0.25, 0.3) is 0 Å². The number of rotatable bonds is 8. The third kappa shape index (κ3) is 5.44. The van der Waals surface area contributed by atoms with Crippen molar-refractivity contribution in [2.45, 2.75) is 26.4 Å². The van der Waals surface area contributed by atoms with Crippen LogP contribution in [0.1, 0.15) is 19.4 Å². The van der Waals surface area contributed by atoms with Gasteiger partial charge in [0.1, 0.15) is 24.7 Å². The van der Waals surface area contributed by atoms with Crippen molar-refractivity contribution in [1.82, 2.24) is 10.3 Å². The fourth-order valence-electron chi connectivity index (χ4n) is 1.83. The summed E-state index contributed by atoms with van der Waals surface area (Å²) in [7, 11) is 0. The molecule has 0 aliphatic heterocycles. The number of para-hydroxylation sites is 1. The van der Waals surface area contributed by atoms with Crippen molar-refractivity contribution in [2.75, 3.05) is 13.2 Å². The molecule has 1 aromatic carbocycles. The minimum atomic E-state index is 0.437. The first kappa shape index (κ1) is 15.3. The molecule has 0 amide bonds. The minimum absolute atomic E-state index is 0.437. The molecule has 0 spiro atoms. The van der Waals surface area contributed by atoms with Gasteiger partial charge in [-0.15, -0.1) is 0 Å². The van der Waals surface area contributed by atoms with Gasteiger partial charge in [-0.2, -0.15) is 0 Å². The Morgan fingerprint density at radius 1 is 1.05 bits per heavy atom. The van der Waals surface area contributed by atoms with E-state index in [2.05, 4.69) is 24.1 Å². The van der Waals surface area contributed by atoms with E-state index in [4.69, 9.17) is 9.47 Å². The van der Waals surface area contributed by atoms with Gasteiger partial charge in [0.15, 0.2) is 0 Å². The molecule has 0 bridgehead atoms. The maximum absolute atomic E-state index is 5.76. The molecule has 2 aromatic rings. The lowest BCUT2D eigenvalue weighted by Gasteiger charge is -2.13. The molecule has 0 saturated heterocycles. The number of nitrogens with zero attached hydrogens (tertiary/aromatic N) is 1. The van der Waals surface area contributed by atoms with Crippen LogP contribution in [-0.4, -0.2) is 24.2 Å². The molecule has 0 aliphatic rings. The van der Waals surface area contributed by atoms with Crippen LogP contribution in [0, 0.1) is 0 Å². The van der Waals surface area contributed by atoms with Crippen molar-refractivity contribution in [3.63, 3.8) is 0 Å². The average molecular weight is 286 g/mol. The van der Waals surface area contributed by atoms with Crippen molar-refractivity contribution < 1.29 is 9.47 Å². The van der Waals surface area contributed by atoms with Crippen molar-refractivity contribution in [3.8, 4) is 11.5 Å². The fraction of sp³-hybridized carbons (Fsp3) is 0.353. The van der Waals surface area contributed by atoms with Gasteiger partial charge in [-0.3, -0.25) is 4.98 Å². The molecule has 21 heavy (non-hydrogen) atoms. The molecule has 1 N–H and O–H groups in total. The van der Waals surface area contributed by atoms with E-state index in [-0.39, 0.29) is 0 Å². The Bertz CT molecular complexity index is 529. The Kier molecular flexibility index (Phi) is 6.03. The van der Waals surface area contributed by atoms with Crippen LogP contribution in [0.4, 0.5) is 0 Å². The lowest BCUT2D eigenvalue weighted by Crippen LogP contribution is -2.22. The molecule has 0 aliphatic carbocycles. The van der Waals surface area contributed by atoms with Crippen LogP contribution in [0.5, 0.6) is 11.5 Å². The highest BCUT2D eigenvalue weighted by Gasteiger charge is 2.04. The standard InChI is InChI=1S/C17H22N2O2/c1-14(2)19-12-15-8-9-18-13-17(15)21-11-10-20-16-6-4-3-5-7-16/h3-9,13-14,19H,10-12H2,1-2H3. The highest BCUT2D eigenvalue weighted by molar-refractivity contribution is 5.29. The van der Waals surface area contributed by atoms with Crippen LogP contribution >= 0.6 is 0 Å². The van der Waals surface area contributed by atoms with Gasteiger partial charge in [0.25, 0.3) is 0 Å². The maximum Gasteiger partial charge on any atom is 0.142 e. The number of hydrogen-bond donors (Lipinski definition) is 1. The number of hydrogen-bond acceptors (Lipinski definition) is 4. The van der Waals surface area contributed by atoms with Gasteiger partial charge in [0.2, 0.25) is 0 Å². The van der Waals surface area contributed by atoms with Crippen LogP contribution in [0.2, 0.25) is 0 Å². The van der Waals surface area contributed by atoms with E-state index in [9.17, 15) is 0 Å². The Hall–Kier alpha value is -2.07. The first-order valence-electron chi connectivity index (χ1n) is 7.22. The molecule has 0 radical (unpaired) electrons. The summed E-state index contributed by atoms with van der Waals surface area (Å²) in [6, 6.07) is 12.1. The Morgan fingerprint density at radius 2 is 1.81 bits per heavy atom. The zero-order valence-electron chi connectivity index (χ0n) is 12.6. The predicted molar refractivity (Wildman–Crippen MR) is 83.6 cm³/mol. The highest BCUT2D eigenvalue weighted by atomic mass is 16.5. The lowest BCUT2D eigenvalue weighted by atomic mass is 10.2. The van der Waals surface area contributed by atoms with E-state index in [0.717, 1.165) is 23.6 Å². The molecule has 4 nitrogen and oxygen atoms in total. The minimum Gasteiger partial charge on any atom is -0.490 e. The molecule has 0 unspecified atom stereocenters. The summed E-state index contributed by atoms with van der Waals surface area (Å²) in [5, 5.41) is 3.38. The molecule has 0 saturated carbocycles. The Morgan fingerprint density at radius 3 is 2.57 bits per heavy atom. The largest absolute Gasteiger partial charge is 0.490 e. The quantitative estimate of drug-likeness (QED) is 0.758. The summed E-state index contributed by atoms with van der Waals surface area (Å²) < 4.78 is 11.4. The number of ether oxygens (including phenoxy) is 2. The van der Waals surface area contributed by atoms with E-state index >= 15 is 0 Å². The van der Waals surface area contributed by atoms with Crippen molar-refractivity contribution in [3.05, 3.63) is 54.4 Å². The third-order valence-electron chi connectivity index (χ3n) is 2.92. The summed E-state index contributed by atoms with van der Waals surface area (Å²) >= 11 is 0. The van der Waals surface area contributed by atoms with Gasteiger partial charge in [-0.25, -0.2) is 0 Å². The first-order valence-corrected chi connectivity index (χ1v) is 7.22. The predicted octanol–water partition coefficient (Wildman–Crippen LogP) is 3.04. The first-order chi connectivity index (χ1) is 10.3.